The van der Waals surface area contributed by atoms with Gasteiger partial charge in [-0.15, -0.1) is 4.37 Å². The topological polar surface area (TPSA) is 90.4 Å². The number of nitrogens with one attached hydrogen (secondary N) is 1. The minimum atomic E-state index is -0.602. The summed E-state index contributed by atoms with van der Waals surface area (Å²) in [7, 11) is 0. The number of hydrogen-bond acceptors (Lipinski definition) is 7. The Morgan fingerprint density at radius 2 is 1.71 bits per heavy atom. The average molecular weight is 341 g/mol. The summed E-state index contributed by atoms with van der Waals surface area (Å²) in [6.45, 7) is 0. The molecule has 0 saturated carbocycles. The van der Waals surface area contributed by atoms with Crippen molar-refractivity contribution in [1.29, 1.82) is 0 Å². The largest absolute Gasteiger partial charge is 0.435 e. The van der Waals surface area contributed by atoms with Crippen LogP contribution in [-0.2, 0) is 0 Å². The van der Waals surface area contributed by atoms with E-state index in [9.17, 15) is 9.59 Å². The van der Waals surface area contributed by atoms with E-state index in [1.54, 1.807) is 48.5 Å². The van der Waals surface area contributed by atoms with Crippen LogP contribution < -0.4 is 20.2 Å². The van der Waals surface area contributed by atoms with E-state index in [2.05, 4.69) is 14.1 Å². The van der Waals surface area contributed by atoms with Gasteiger partial charge in [0, 0.05) is 5.69 Å². The molecule has 0 fully saturated rings. The number of rotatable bonds is 4. The van der Waals surface area contributed by atoms with Crippen LogP contribution in [0.2, 0.25) is 0 Å². The minimum absolute atomic E-state index is 0.0505. The molecular formula is C16H11N3O4S. The lowest BCUT2D eigenvalue weighted by molar-refractivity contribution is 0.215. The molecule has 120 valence electrons. The van der Waals surface area contributed by atoms with Crippen molar-refractivity contribution >= 4 is 23.5 Å². The first-order valence-electron chi connectivity index (χ1n) is 6.84. The van der Waals surface area contributed by atoms with Crippen molar-refractivity contribution < 1.29 is 14.3 Å². The molecule has 0 bridgehead atoms. The summed E-state index contributed by atoms with van der Waals surface area (Å²) < 4.78 is 17.9. The van der Waals surface area contributed by atoms with Crippen LogP contribution in [0, 0.1) is 0 Å². The lowest BCUT2D eigenvalue weighted by atomic mass is 10.3. The lowest BCUT2D eigenvalue weighted by Gasteiger charge is -2.07. The highest BCUT2D eigenvalue weighted by Crippen LogP contribution is 2.21. The molecule has 0 spiro atoms. The van der Waals surface area contributed by atoms with E-state index in [0.29, 0.717) is 17.2 Å². The van der Waals surface area contributed by atoms with Crippen molar-refractivity contribution in [2.24, 2.45) is 0 Å². The Morgan fingerprint density at radius 1 is 1.00 bits per heavy atom. The Kier molecular flexibility index (Phi) is 4.78. The first kappa shape index (κ1) is 15.6. The molecule has 24 heavy (non-hydrogen) atoms. The van der Waals surface area contributed by atoms with Crippen LogP contribution in [0.3, 0.4) is 0 Å². The van der Waals surface area contributed by atoms with Crippen molar-refractivity contribution in [1.82, 2.24) is 8.75 Å². The van der Waals surface area contributed by atoms with Gasteiger partial charge in [-0.05, 0) is 36.4 Å². The summed E-state index contributed by atoms with van der Waals surface area (Å²) in [4.78, 5) is 23.3. The zero-order valence-corrected chi connectivity index (χ0v) is 13.0. The number of amides is 1. The third-order valence-electron chi connectivity index (χ3n) is 2.82. The quantitative estimate of drug-likeness (QED) is 0.783. The van der Waals surface area contributed by atoms with Crippen LogP contribution in [0.4, 0.5) is 10.5 Å². The number of para-hydroxylation sites is 1. The summed E-state index contributed by atoms with van der Waals surface area (Å²) in [5.74, 6) is 0.683. The van der Waals surface area contributed by atoms with E-state index in [1.165, 1.54) is 0 Å². The van der Waals surface area contributed by atoms with Crippen molar-refractivity contribution in [3.8, 4) is 17.4 Å². The second kappa shape index (κ2) is 7.34. The van der Waals surface area contributed by atoms with Gasteiger partial charge >= 0.3 is 6.09 Å². The molecule has 0 aliphatic rings. The predicted octanol–water partition coefficient (Wildman–Crippen LogP) is 3.30. The van der Waals surface area contributed by atoms with E-state index in [4.69, 9.17) is 9.47 Å². The number of benzene rings is 2. The van der Waals surface area contributed by atoms with Gasteiger partial charge in [0.1, 0.15) is 11.5 Å². The first-order valence-corrected chi connectivity index (χ1v) is 7.57. The Hall–Kier alpha value is -3.26. The Bertz CT molecular complexity index is 882. The molecule has 3 aromatic rings. The fraction of sp³-hybridized carbons (Fsp3) is 0. The maximum absolute atomic E-state index is 11.8. The maximum Gasteiger partial charge on any atom is 0.417 e. The summed E-state index contributed by atoms with van der Waals surface area (Å²) in [6, 6.07) is 15.2. The number of ether oxygens (including phenoxy) is 2. The molecule has 0 aliphatic heterocycles. The zero-order chi connectivity index (χ0) is 16.8. The fourth-order valence-corrected chi connectivity index (χ4v) is 2.15. The summed E-state index contributed by atoms with van der Waals surface area (Å²) in [6.07, 6.45) is 0.535. The fourth-order valence-electron chi connectivity index (χ4n) is 1.76. The molecule has 1 N–H and O–H groups in total. The number of anilines is 1. The monoisotopic (exact) mass is 341 g/mol. The van der Waals surface area contributed by atoms with Gasteiger partial charge in [0.15, 0.2) is 0 Å². The highest BCUT2D eigenvalue weighted by molar-refractivity contribution is 6.98. The molecule has 0 aliphatic carbocycles. The number of carbonyl (C=O) groups excluding carboxylic acids is 1. The molecule has 2 aromatic carbocycles. The number of carbonyl (C=O) groups is 1. The Labute approximate surface area is 140 Å². The summed E-state index contributed by atoms with van der Waals surface area (Å²) >= 11 is 0.872. The van der Waals surface area contributed by atoms with Crippen molar-refractivity contribution in [3.63, 3.8) is 0 Å². The first-order chi connectivity index (χ1) is 11.7. The number of hydrogen-bond donors (Lipinski definition) is 1. The molecule has 0 radical (unpaired) electrons. The second-order valence-corrected chi connectivity index (χ2v) is 5.09. The maximum atomic E-state index is 11.8. The minimum Gasteiger partial charge on any atom is -0.435 e. The van der Waals surface area contributed by atoms with Crippen molar-refractivity contribution in [2.45, 2.75) is 0 Å². The van der Waals surface area contributed by atoms with Gasteiger partial charge in [0.2, 0.25) is 0 Å². The van der Waals surface area contributed by atoms with Crippen molar-refractivity contribution in [2.75, 3.05) is 5.32 Å². The molecule has 3 rings (SSSR count). The van der Waals surface area contributed by atoms with E-state index >= 15 is 0 Å². The highest BCUT2D eigenvalue weighted by Gasteiger charge is 2.07. The third-order valence-corrected chi connectivity index (χ3v) is 3.27. The molecule has 8 heteroatoms. The van der Waals surface area contributed by atoms with E-state index in [-0.39, 0.29) is 5.88 Å². The predicted molar refractivity (Wildman–Crippen MR) is 88.8 cm³/mol. The Morgan fingerprint density at radius 3 is 2.42 bits per heavy atom. The molecule has 0 atom stereocenters. The van der Waals surface area contributed by atoms with E-state index in [0.717, 1.165) is 17.9 Å². The van der Waals surface area contributed by atoms with Gasteiger partial charge in [0.05, 0.1) is 17.9 Å². The highest BCUT2D eigenvalue weighted by atomic mass is 32.1. The normalized spacial score (nSPS) is 10.0. The van der Waals surface area contributed by atoms with Gasteiger partial charge in [-0.2, -0.15) is 4.37 Å². The standard InChI is InChI=1S/C16H11N3O4S/c20-14-10-17-24-19-15(14)22-12-6-8-13(9-7-12)23-16(21)18-11-4-2-1-3-5-11/h1-10H,(H,18,21). The molecular weight excluding hydrogens is 330 g/mol. The van der Waals surface area contributed by atoms with Crippen LogP contribution >= 0.6 is 11.7 Å². The van der Waals surface area contributed by atoms with Gasteiger partial charge in [0.25, 0.3) is 11.3 Å². The second-order valence-electron chi connectivity index (χ2n) is 4.53. The van der Waals surface area contributed by atoms with Crippen LogP contribution in [0.15, 0.2) is 65.6 Å². The van der Waals surface area contributed by atoms with E-state index in [1.807, 2.05) is 6.07 Å². The van der Waals surface area contributed by atoms with Crippen LogP contribution in [-0.4, -0.2) is 14.8 Å². The molecule has 1 aromatic heterocycles. The van der Waals surface area contributed by atoms with Crippen LogP contribution in [0.1, 0.15) is 0 Å². The molecule has 1 heterocycles. The third kappa shape index (κ3) is 4.14. The van der Waals surface area contributed by atoms with Gasteiger partial charge < -0.3 is 9.47 Å². The lowest BCUT2D eigenvalue weighted by Crippen LogP contribution is -2.16. The van der Waals surface area contributed by atoms with Crippen LogP contribution in [0.25, 0.3) is 0 Å². The smallest absolute Gasteiger partial charge is 0.417 e. The SMILES string of the molecule is O=C(Nc1ccccc1)Oc1ccc(Oc2nsncc2=O)cc1. The Balaban J connectivity index is 1.61. The zero-order valence-electron chi connectivity index (χ0n) is 12.2. The van der Waals surface area contributed by atoms with Crippen LogP contribution in [0.5, 0.6) is 17.4 Å². The molecule has 0 unspecified atom stereocenters. The molecule has 1 amide bonds. The van der Waals surface area contributed by atoms with E-state index < -0.39 is 11.5 Å². The molecule has 7 nitrogen and oxygen atoms in total. The van der Waals surface area contributed by atoms with Crippen molar-refractivity contribution in [3.05, 3.63) is 71.0 Å². The number of aromatic nitrogens is 2. The average Bonchev–Trinajstić information content (AvgIpc) is 2.59. The summed E-state index contributed by atoms with van der Waals surface area (Å²) in [5.41, 5.74) is 0.228. The van der Waals surface area contributed by atoms with Gasteiger partial charge in [-0.1, -0.05) is 18.2 Å². The summed E-state index contributed by atoms with van der Waals surface area (Å²) in [5, 5.41) is 2.60. The number of nitrogens with zero attached hydrogens (tertiary/aromatic N) is 2. The van der Waals surface area contributed by atoms with Gasteiger partial charge in [-0.3, -0.25) is 10.1 Å². The molecule has 0 saturated heterocycles. The van der Waals surface area contributed by atoms with Gasteiger partial charge in [-0.25, -0.2) is 4.79 Å².